The van der Waals surface area contributed by atoms with Gasteiger partial charge in [-0.1, -0.05) is 78.9 Å². The standard InChI is InChI=1S/C25H23NO/c27-25(23-18-26-24-17-8-7-15-22(23)24)21(20-13-5-2-6-14-20)16-9-12-19-10-3-1-4-11-19/h1-8,10-11,13-15,17-18,21,26H,9,12,16H2/t21-/m0/s1. The van der Waals surface area contributed by atoms with E-state index >= 15 is 0 Å². The molecule has 0 aliphatic carbocycles. The third-order valence-corrected chi connectivity index (χ3v) is 5.17. The number of aromatic nitrogens is 1. The number of benzene rings is 3. The molecule has 1 aromatic heterocycles. The lowest BCUT2D eigenvalue weighted by atomic mass is 9.86. The molecule has 2 heteroatoms. The Balaban J connectivity index is 1.59. The van der Waals surface area contributed by atoms with Gasteiger partial charge in [-0.15, -0.1) is 0 Å². The van der Waals surface area contributed by atoms with Crippen LogP contribution in [0.2, 0.25) is 0 Å². The number of aromatic amines is 1. The molecular weight excluding hydrogens is 330 g/mol. The number of H-pyrrole nitrogens is 1. The Bertz CT molecular complexity index is 1020. The normalized spacial score (nSPS) is 12.1. The summed E-state index contributed by atoms with van der Waals surface area (Å²) in [7, 11) is 0. The van der Waals surface area contributed by atoms with Crippen LogP contribution in [0, 0.1) is 0 Å². The van der Waals surface area contributed by atoms with Gasteiger partial charge in [-0.2, -0.15) is 0 Å². The number of Topliss-reactive ketones (excluding diaryl/α,β-unsaturated/α-hetero) is 1. The number of hydrogen-bond donors (Lipinski definition) is 1. The van der Waals surface area contributed by atoms with Crippen molar-refractivity contribution >= 4 is 16.7 Å². The van der Waals surface area contributed by atoms with Gasteiger partial charge in [0.15, 0.2) is 5.78 Å². The molecule has 2 nitrogen and oxygen atoms in total. The fourth-order valence-corrected chi connectivity index (χ4v) is 3.75. The fourth-order valence-electron chi connectivity index (χ4n) is 3.75. The highest BCUT2D eigenvalue weighted by Gasteiger charge is 2.23. The minimum Gasteiger partial charge on any atom is -0.360 e. The number of aryl methyl sites for hydroxylation is 1. The van der Waals surface area contributed by atoms with Crippen LogP contribution in [0.1, 0.15) is 40.2 Å². The Labute approximate surface area is 159 Å². The first-order valence-corrected chi connectivity index (χ1v) is 9.52. The summed E-state index contributed by atoms with van der Waals surface area (Å²) in [6.07, 6.45) is 4.68. The maximum Gasteiger partial charge on any atom is 0.172 e. The van der Waals surface area contributed by atoms with Gasteiger partial charge in [-0.3, -0.25) is 4.79 Å². The first-order chi connectivity index (χ1) is 13.3. The molecule has 27 heavy (non-hydrogen) atoms. The van der Waals surface area contributed by atoms with Crippen molar-refractivity contribution in [2.75, 3.05) is 0 Å². The third kappa shape index (κ3) is 3.85. The summed E-state index contributed by atoms with van der Waals surface area (Å²) >= 11 is 0. The van der Waals surface area contributed by atoms with E-state index in [1.54, 1.807) is 0 Å². The molecule has 134 valence electrons. The lowest BCUT2D eigenvalue weighted by Crippen LogP contribution is -2.13. The summed E-state index contributed by atoms with van der Waals surface area (Å²) in [5, 5.41) is 1.01. The molecule has 0 bridgehead atoms. The quantitative estimate of drug-likeness (QED) is 0.397. The molecular formula is C25H23NO. The van der Waals surface area contributed by atoms with E-state index < -0.39 is 0 Å². The second-order valence-corrected chi connectivity index (χ2v) is 6.95. The van der Waals surface area contributed by atoms with E-state index in [4.69, 9.17) is 0 Å². The van der Waals surface area contributed by atoms with Crippen LogP contribution < -0.4 is 0 Å². The van der Waals surface area contributed by atoms with E-state index in [0.717, 1.165) is 41.3 Å². The predicted octanol–water partition coefficient (Wildman–Crippen LogP) is 6.16. The van der Waals surface area contributed by atoms with Gasteiger partial charge in [0, 0.05) is 28.6 Å². The van der Waals surface area contributed by atoms with Gasteiger partial charge in [-0.25, -0.2) is 0 Å². The smallest absolute Gasteiger partial charge is 0.172 e. The van der Waals surface area contributed by atoms with Gasteiger partial charge in [0.1, 0.15) is 0 Å². The number of carbonyl (C=O) groups excluding carboxylic acids is 1. The van der Waals surface area contributed by atoms with Gasteiger partial charge >= 0.3 is 0 Å². The second kappa shape index (κ2) is 8.05. The lowest BCUT2D eigenvalue weighted by molar-refractivity contribution is 0.0956. The molecule has 0 fully saturated rings. The van der Waals surface area contributed by atoms with Crippen LogP contribution in [-0.2, 0) is 6.42 Å². The van der Waals surface area contributed by atoms with E-state index in [1.165, 1.54) is 5.56 Å². The minimum absolute atomic E-state index is 0.117. The molecule has 0 spiro atoms. The summed E-state index contributed by atoms with van der Waals surface area (Å²) in [4.78, 5) is 16.7. The zero-order valence-corrected chi connectivity index (χ0v) is 15.3. The van der Waals surface area contributed by atoms with Crippen molar-refractivity contribution in [3.63, 3.8) is 0 Å². The average molecular weight is 353 g/mol. The molecule has 0 aliphatic heterocycles. The Kier molecular flexibility index (Phi) is 5.15. The van der Waals surface area contributed by atoms with Gasteiger partial charge in [0.2, 0.25) is 0 Å². The van der Waals surface area contributed by atoms with Crippen molar-refractivity contribution in [1.29, 1.82) is 0 Å². The number of fused-ring (bicyclic) bond motifs is 1. The summed E-state index contributed by atoms with van der Waals surface area (Å²) in [5.74, 6) is 0.0841. The van der Waals surface area contributed by atoms with Crippen LogP contribution in [0.5, 0.6) is 0 Å². The fraction of sp³-hybridized carbons (Fsp3) is 0.160. The first-order valence-electron chi connectivity index (χ1n) is 9.52. The van der Waals surface area contributed by atoms with Gasteiger partial charge in [0.05, 0.1) is 0 Å². The molecule has 0 unspecified atom stereocenters. The molecule has 0 amide bonds. The lowest BCUT2D eigenvalue weighted by Gasteiger charge is -2.16. The van der Waals surface area contributed by atoms with Crippen molar-refractivity contribution in [3.8, 4) is 0 Å². The largest absolute Gasteiger partial charge is 0.360 e. The molecule has 4 rings (SSSR count). The number of rotatable bonds is 7. The Hall–Kier alpha value is -3.13. The predicted molar refractivity (Wildman–Crippen MR) is 111 cm³/mol. The molecule has 0 radical (unpaired) electrons. The van der Waals surface area contributed by atoms with Gasteiger partial charge in [0.25, 0.3) is 0 Å². The molecule has 1 N–H and O–H groups in total. The molecule has 4 aromatic rings. The maximum atomic E-state index is 13.4. The Morgan fingerprint density at radius 3 is 2.26 bits per heavy atom. The van der Waals surface area contributed by atoms with E-state index in [9.17, 15) is 4.79 Å². The molecule has 3 aromatic carbocycles. The zero-order chi connectivity index (χ0) is 18.5. The van der Waals surface area contributed by atoms with Crippen molar-refractivity contribution in [3.05, 3.63) is 108 Å². The summed E-state index contributed by atoms with van der Waals surface area (Å²) in [6, 6.07) is 28.7. The van der Waals surface area contributed by atoms with Crippen LogP contribution in [-0.4, -0.2) is 10.8 Å². The maximum absolute atomic E-state index is 13.4. The molecule has 1 heterocycles. The summed E-state index contributed by atoms with van der Waals surface area (Å²) < 4.78 is 0. The number of hydrogen-bond acceptors (Lipinski definition) is 1. The molecule has 0 aliphatic rings. The molecule has 0 saturated carbocycles. The van der Waals surface area contributed by atoms with Gasteiger partial charge in [-0.05, 0) is 36.5 Å². The number of ketones is 1. The topological polar surface area (TPSA) is 32.9 Å². The van der Waals surface area contributed by atoms with Crippen LogP contribution in [0.15, 0.2) is 91.1 Å². The second-order valence-electron chi connectivity index (χ2n) is 6.95. The van der Waals surface area contributed by atoms with Crippen LogP contribution in [0.25, 0.3) is 10.9 Å². The third-order valence-electron chi connectivity index (χ3n) is 5.17. The SMILES string of the molecule is O=C(c1c[nH]c2ccccc12)[C@@H](CCCc1ccccc1)c1ccccc1. The van der Waals surface area contributed by atoms with Crippen LogP contribution in [0.3, 0.4) is 0 Å². The highest BCUT2D eigenvalue weighted by Crippen LogP contribution is 2.29. The van der Waals surface area contributed by atoms with E-state index in [1.807, 2.05) is 54.7 Å². The van der Waals surface area contributed by atoms with E-state index in [-0.39, 0.29) is 11.7 Å². The average Bonchev–Trinajstić information content (AvgIpc) is 3.16. The van der Waals surface area contributed by atoms with Gasteiger partial charge < -0.3 is 4.98 Å². The molecule has 1 atom stereocenters. The van der Waals surface area contributed by atoms with Crippen LogP contribution in [0.4, 0.5) is 0 Å². The minimum atomic E-state index is -0.117. The van der Waals surface area contributed by atoms with Crippen molar-refractivity contribution in [2.24, 2.45) is 0 Å². The monoisotopic (exact) mass is 353 g/mol. The highest BCUT2D eigenvalue weighted by atomic mass is 16.1. The first kappa shape index (κ1) is 17.3. The molecule has 0 saturated heterocycles. The van der Waals surface area contributed by atoms with Crippen molar-refractivity contribution < 1.29 is 4.79 Å². The van der Waals surface area contributed by atoms with E-state index in [0.29, 0.717) is 0 Å². The number of para-hydroxylation sites is 1. The van der Waals surface area contributed by atoms with E-state index in [2.05, 4.69) is 41.4 Å². The zero-order valence-electron chi connectivity index (χ0n) is 15.3. The number of carbonyl (C=O) groups is 1. The Morgan fingerprint density at radius 1 is 0.815 bits per heavy atom. The Morgan fingerprint density at radius 2 is 1.48 bits per heavy atom. The number of nitrogens with one attached hydrogen (secondary N) is 1. The van der Waals surface area contributed by atoms with Crippen molar-refractivity contribution in [2.45, 2.75) is 25.2 Å². The van der Waals surface area contributed by atoms with Crippen LogP contribution >= 0.6 is 0 Å². The summed E-state index contributed by atoms with van der Waals surface area (Å²) in [5.41, 5.74) is 4.22. The summed E-state index contributed by atoms with van der Waals surface area (Å²) in [6.45, 7) is 0. The highest BCUT2D eigenvalue weighted by molar-refractivity contribution is 6.10. The van der Waals surface area contributed by atoms with Crippen molar-refractivity contribution in [1.82, 2.24) is 4.98 Å².